The first-order valence-electron chi connectivity index (χ1n) is 6.15. The highest BCUT2D eigenvalue weighted by atomic mass is 32.2. The summed E-state index contributed by atoms with van der Waals surface area (Å²) < 4.78 is 0. The topological polar surface area (TPSA) is 12.9 Å². The van der Waals surface area contributed by atoms with Gasteiger partial charge in [-0.3, -0.25) is 4.98 Å². The van der Waals surface area contributed by atoms with Gasteiger partial charge < -0.3 is 0 Å². The summed E-state index contributed by atoms with van der Waals surface area (Å²) in [5.74, 6) is 0. The molecule has 92 valence electrons. The van der Waals surface area contributed by atoms with Crippen molar-refractivity contribution in [1.29, 1.82) is 0 Å². The summed E-state index contributed by atoms with van der Waals surface area (Å²) in [5, 5.41) is 0. The van der Waals surface area contributed by atoms with Gasteiger partial charge in [-0.15, -0.1) is 0 Å². The van der Waals surface area contributed by atoms with E-state index in [1.807, 2.05) is 36.7 Å². The van der Waals surface area contributed by atoms with Gasteiger partial charge in [-0.2, -0.15) is 0 Å². The third-order valence-electron chi connectivity index (χ3n) is 2.80. The van der Waals surface area contributed by atoms with Gasteiger partial charge in [0.15, 0.2) is 0 Å². The monoisotopic (exact) mass is 263 g/mol. The second kappa shape index (κ2) is 5.72. The second-order valence-electron chi connectivity index (χ2n) is 4.19. The molecule has 0 bridgehead atoms. The summed E-state index contributed by atoms with van der Waals surface area (Å²) in [7, 11) is 0. The number of pyridine rings is 1. The predicted octanol–water partition coefficient (Wildman–Crippen LogP) is 4.90. The zero-order valence-electron chi connectivity index (χ0n) is 10.4. The first kappa shape index (κ1) is 12.0. The van der Waals surface area contributed by atoms with E-state index in [-0.39, 0.29) is 0 Å². The molecule has 2 heteroatoms. The Morgan fingerprint density at radius 1 is 0.632 bits per heavy atom. The zero-order valence-corrected chi connectivity index (χ0v) is 11.2. The quantitative estimate of drug-likeness (QED) is 0.666. The molecular formula is C17H13NS. The van der Waals surface area contributed by atoms with Crippen LogP contribution in [0, 0.1) is 0 Å². The van der Waals surface area contributed by atoms with Crippen LogP contribution in [0.4, 0.5) is 0 Å². The molecule has 1 heterocycles. The number of rotatable bonds is 3. The molecule has 0 aliphatic heterocycles. The minimum absolute atomic E-state index is 1.15. The van der Waals surface area contributed by atoms with Gasteiger partial charge in [0, 0.05) is 27.7 Å². The third-order valence-corrected chi connectivity index (χ3v) is 3.77. The van der Waals surface area contributed by atoms with E-state index in [0.29, 0.717) is 0 Å². The van der Waals surface area contributed by atoms with Gasteiger partial charge in [0.05, 0.1) is 0 Å². The molecule has 0 fully saturated rings. The Morgan fingerprint density at radius 2 is 1.32 bits per heavy atom. The van der Waals surface area contributed by atoms with Crippen LogP contribution in [0.2, 0.25) is 0 Å². The molecule has 0 aliphatic carbocycles. The first-order chi connectivity index (χ1) is 9.42. The lowest BCUT2D eigenvalue weighted by Crippen LogP contribution is -1.81. The van der Waals surface area contributed by atoms with Crippen molar-refractivity contribution in [1.82, 2.24) is 4.98 Å². The summed E-state index contributed by atoms with van der Waals surface area (Å²) in [6.45, 7) is 0. The highest BCUT2D eigenvalue weighted by molar-refractivity contribution is 7.99. The van der Waals surface area contributed by atoms with E-state index in [9.17, 15) is 0 Å². The van der Waals surface area contributed by atoms with Gasteiger partial charge in [-0.1, -0.05) is 60.3 Å². The number of benzene rings is 2. The summed E-state index contributed by atoms with van der Waals surface area (Å²) in [6.07, 6.45) is 3.81. The van der Waals surface area contributed by atoms with Gasteiger partial charge in [-0.25, -0.2) is 0 Å². The van der Waals surface area contributed by atoms with Crippen LogP contribution >= 0.6 is 11.8 Å². The van der Waals surface area contributed by atoms with Crippen molar-refractivity contribution in [2.45, 2.75) is 9.79 Å². The summed E-state index contributed by atoms with van der Waals surface area (Å²) in [4.78, 5) is 6.73. The van der Waals surface area contributed by atoms with Gasteiger partial charge in [0.1, 0.15) is 0 Å². The van der Waals surface area contributed by atoms with E-state index in [0.717, 1.165) is 10.5 Å². The zero-order chi connectivity index (χ0) is 12.9. The fourth-order valence-electron chi connectivity index (χ4n) is 1.89. The van der Waals surface area contributed by atoms with Crippen LogP contribution in [0.1, 0.15) is 0 Å². The molecule has 0 radical (unpaired) electrons. The Bertz CT molecular complexity index is 650. The van der Waals surface area contributed by atoms with E-state index in [2.05, 4.69) is 47.4 Å². The average molecular weight is 263 g/mol. The highest BCUT2D eigenvalue weighted by Crippen LogP contribution is 2.29. The first-order valence-corrected chi connectivity index (χ1v) is 6.97. The maximum Gasteiger partial charge on any atom is 0.0408 e. The van der Waals surface area contributed by atoms with Crippen molar-refractivity contribution >= 4 is 11.8 Å². The molecule has 0 atom stereocenters. The minimum atomic E-state index is 1.15. The molecule has 0 N–H and O–H groups in total. The van der Waals surface area contributed by atoms with E-state index in [1.165, 1.54) is 10.5 Å². The largest absolute Gasteiger partial charge is 0.263 e. The number of hydrogen-bond acceptors (Lipinski definition) is 2. The van der Waals surface area contributed by atoms with E-state index >= 15 is 0 Å². The fourth-order valence-corrected chi connectivity index (χ4v) is 2.75. The summed E-state index contributed by atoms with van der Waals surface area (Å²) in [6, 6.07) is 22.9. The SMILES string of the molecule is c1ccc(Sc2cncc(-c3ccccc3)c2)cc1. The predicted molar refractivity (Wildman–Crippen MR) is 80.2 cm³/mol. The van der Waals surface area contributed by atoms with Crippen LogP contribution in [-0.2, 0) is 0 Å². The second-order valence-corrected chi connectivity index (χ2v) is 5.34. The summed E-state index contributed by atoms with van der Waals surface area (Å²) >= 11 is 1.73. The maximum atomic E-state index is 4.34. The van der Waals surface area contributed by atoms with Gasteiger partial charge in [0.2, 0.25) is 0 Å². The van der Waals surface area contributed by atoms with Crippen LogP contribution in [0.5, 0.6) is 0 Å². The maximum absolute atomic E-state index is 4.34. The molecule has 3 rings (SSSR count). The van der Waals surface area contributed by atoms with Crippen LogP contribution in [-0.4, -0.2) is 4.98 Å². The lowest BCUT2D eigenvalue weighted by Gasteiger charge is -2.04. The molecule has 0 spiro atoms. The number of aromatic nitrogens is 1. The molecule has 0 saturated carbocycles. The van der Waals surface area contributed by atoms with Crippen LogP contribution < -0.4 is 0 Å². The van der Waals surface area contributed by atoms with Gasteiger partial charge >= 0.3 is 0 Å². The van der Waals surface area contributed by atoms with Crippen molar-refractivity contribution in [3.05, 3.63) is 79.1 Å². The van der Waals surface area contributed by atoms with Crippen molar-refractivity contribution in [2.75, 3.05) is 0 Å². The Hall–Kier alpha value is -2.06. The van der Waals surface area contributed by atoms with Gasteiger partial charge in [0.25, 0.3) is 0 Å². The van der Waals surface area contributed by atoms with Crippen LogP contribution in [0.3, 0.4) is 0 Å². The lowest BCUT2D eigenvalue weighted by molar-refractivity contribution is 1.24. The van der Waals surface area contributed by atoms with Crippen molar-refractivity contribution < 1.29 is 0 Å². The Kier molecular flexibility index (Phi) is 3.61. The number of nitrogens with zero attached hydrogens (tertiary/aromatic N) is 1. The summed E-state index contributed by atoms with van der Waals surface area (Å²) in [5.41, 5.74) is 2.35. The molecule has 0 unspecified atom stereocenters. The standard InChI is InChI=1S/C17H13NS/c1-3-7-14(8-4-1)15-11-17(13-18-12-15)19-16-9-5-2-6-10-16/h1-13H. The molecule has 0 aliphatic rings. The highest BCUT2D eigenvalue weighted by Gasteiger charge is 2.01. The Labute approximate surface area is 117 Å². The Morgan fingerprint density at radius 3 is 2.05 bits per heavy atom. The molecule has 1 aromatic heterocycles. The molecular weight excluding hydrogens is 250 g/mol. The molecule has 0 amide bonds. The average Bonchev–Trinajstić information content (AvgIpc) is 2.49. The van der Waals surface area contributed by atoms with Crippen molar-refractivity contribution in [2.24, 2.45) is 0 Å². The van der Waals surface area contributed by atoms with E-state index < -0.39 is 0 Å². The fraction of sp³-hybridized carbons (Fsp3) is 0. The van der Waals surface area contributed by atoms with Crippen molar-refractivity contribution in [3.63, 3.8) is 0 Å². The third kappa shape index (κ3) is 3.04. The molecule has 2 aromatic carbocycles. The van der Waals surface area contributed by atoms with E-state index in [4.69, 9.17) is 0 Å². The Balaban J connectivity index is 1.89. The van der Waals surface area contributed by atoms with Crippen molar-refractivity contribution in [3.8, 4) is 11.1 Å². The smallest absolute Gasteiger partial charge is 0.0408 e. The van der Waals surface area contributed by atoms with Crippen LogP contribution in [0.15, 0.2) is 88.9 Å². The van der Waals surface area contributed by atoms with Gasteiger partial charge in [-0.05, 0) is 23.8 Å². The van der Waals surface area contributed by atoms with Crippen LogP contribution in [0.25, 0.3) is 11.1 Å². The molecule has 1 nitrogen and oxygen atoms in total. The van der Waals surface area contributed by atoms with E-state index in [1.54, 1.807) is 11.8 Å². The lowest BCUT2D eigenvalue weighted by atomic mass is 10.1. The number of hydrogen-bond donors (Lipinski definition) is 0. The molecule has 0 saturated heterocycles. The normalized spacial score (nSPS) is 10.3. The molecule has 3 aromatic rings. The molecule has 19 heavy (non-hydrogen) atoms. The minimum Gasteiger partial charge on any atom is -0.263 e.